The van der Waals surface area contributed by atoms with Crippen LogP contribution in [0.1, 0.15) is 13.8 Å². The Balaban J connectivity index is 2.17. The Morgan fingerprint density at radius 1 is 1.30 bits per heavy atom. The summed E-state index contributed by atoms with van der Waals surface area (Å²) >= 11 is 6.09. The van der Waals surface area contributed by atoms with Gasteiger partial charge in [-0.1, -0.05) is 25.4 Å². The number of amides is 2. The lowest BCUT2D eigenvalue weighted by Gasteiger charge is -2.19. The van der Waals surface area contributed by atoms with E-state index in [2.05, 4.69) is 15.7 Å². The summed E-state index contributed by atoms with van der Waals surface area (Å²) in [4.78, 5) is 12.2. The summed E-state index contributed by atoms with van der Waals surface area (Å²) in [5.41, 5.74) is 0.592. The fourth-order valence-corrected chi connectivity index (χ4v) is 4.06. The molecule has 0 spiro atoms. The molecule has 1 heterocycles. The Morgan fingerprint density at radius 3 is 2.63 bits per heavy atom. The van der Waals surface area contributed by atoms with Crippen molar-refractivity contribution in [2.24, 2.45) is 0 Å². The molecule has 0 bridgehead atoms. The molecule has 11 heteroatoms. The van der Waals surface area contributed by atoms with Crippen LogP contribution in [0.15, 0.2) is 35.5 Å². The van der Waals surface area contributed by atoms with Crippen LogP contribution in [0.4, 0.5) is 16.2 Å². The van der Waals surface area contributed by atoms with Crippen molar-refractivity contribution in [1.82, 2.24) is 14.1 Å². The highest BCUT2D eigenvalue weighted by Gasteiger charge is 2.22. The summed E-state index contributed by atoms with van der Waals surface area (Å²) in [5, 5.41) is 18.2. The molecule has 0 saturated carbocycles. The fourth-order valence-electron chi connectivity index (χ4n) is 2.41. The standard InChI is InChI=1S/C16H22ClN5O4S/c1-3-22(4-2)27(25,26)13-5-6-14(17)15(9-13)20-16(24)19-12-10-18-21(11-12)7-8-23/h5-6,9-11,23H,3-4,7-8H2,1-2H3,(H2,19,20,24). The fraction of sp³-hybridized carbons (Fsp3) is 0.375. The van der Waals surface area contributed by atoms with Crippen molar-refractivity contribution >= 4 is 39.0 Å². The van der Waals surface area contributed by atoms with E-state index in [-0.39, 0.29) is 22.2 Å². The quantitative estimate of drug-likeness (QED) is 0.611. The van der Waals surface area contributed by atoms with Gasteiger partial charge in [0.2, 0.25) is 10.0 Å². The molecule has 0 atom stereocenters. The van der Waals surface area contributed by atoms with E-state index in [0.29, 0.717) is 25.3 Å². The SMILES string of the molecule is CCN(CC)S(=O)(=O)c1ccc(Cl)c(NC(=O)Nc2cnn(CCO)c2)c1. The lowest BCUT2D eigenvalue weighted by molar-refractivity contribution is 0.262. The second-order valence-corrected chi connectivity index (χ2v) is 7.87. The number of carbonyl (C=O) groups is 1. The third-order valence-electron chi connectivity index (χ3n) is 3.75. The van der Waals surface area contributed by atoms with E-state index in [0.717, 1.165) is 0 Å². The van der Waals surface area contributed by atoms with Crippen LogP contribution in [0.3, 0.4) is 0 Å². The number of rotatable bonds is 8. The number of benzene rings is 1. The van der Waals surface area contributed by atoms with Gasteiger partial charge < -0.3 is 15.7 Å². The number of aliphatic hydroxyl groups excluding tert-OH is 1. The molecule has 0 aliphatic carbocycles. The highest BCUT2D eigenvalue weighted by molar-refractivity contribution is 7.89. The normalized spacial score (nSPS) is 11.6. The van der Waals surface area contributed by atoms with Crippen LogP contribution < -0.4 is 10.6 Å². The van der Waals surface area contributed by atoms with Crippen LogP contribution in [-0.4, -0.2) is 53.3 Å². The third kappa shape index (κ3) is 5.19. The van der Waals surface area contributed by atoms with Gasteiger partial charge in [-0.25, -0.2) is 13.2 Å². The van der Waals surface area contributed by atoms with Crippen LogP contribution in [-0.2, 0) is 16.6 Å². The van der Waals surface area contributed by atoms with Crippen molar-refractivity contribution in [2.45, 2.75) is 25.3 Å². The molecule has 0 radical (unpaired) electrons. The molecule has 148 valence electrons. The maximum Gasteiger partial charge on any atom is 0.323 e. The van der Waals surface area contributed by atoms with Crippen molar-refractivity contribution in [3.05, 3.63) is 35.6 Å². The molecule has 0 fully saturated rings. The highest BCUT2D eigenvalue weighted by atomic mass is 35.5. The molecule has 0 aliphatic rings. The zero-order chi connectivity index (χ0) is 20.0. The van der Waals surface area contributed by atoms with Crippen LogP contribution >= 0.6 is 11.6 Å². The number of aromatic nitrogens is 2. The van der Waals surface area contributed by atoms with Gasteiger partial charge in [-0.05, 0) is 18.2 Å². The van der Waals surface area contributed by atoms with Gasteiger partial charge in [0.1, 0.15) is 0 Å². The molecule has 0 aliphatic heterocycles. The van der Waals surface area contributed by atoms with Crippen LogP contribution in [0.2, 0.25) is 5.02 Å². The summed E-state index contributed by atoms with van der Waals surface area (Å²) < 4.78 is 28.0. The number of halogens is 1. The van der Waals surface area contributed by atoms with Gasteiger partial charge in [-0.15, -0.1) is 0 Å². The number of urea groups is 1. The average molecular weight is 416 g/mol. The molecule has 1 aromatic carbocycles. The molecule has 1 aromatic heterocycles. The van der Waals surface area contributed by atoms with E-state index in [4.69, 9.17) is 16.7 Å². The van der Waals surface area contributed by atoms with Crippen molar-refractivity contribution in [3.8, 4) is 0 Å². The van der Waals surface area contributed by atoms with Gasteiger partial charge in [-0.3, -0.25) is 4.68 Å². The van der Waals surface area contributed by atoms with Gasteiger partial charge >= 0.3 is 6.03 Å². The molecule has 2 aromatic rings. The average Bonchev–Trinajstić information content (AvgIpc) is 3.04. The molecule has 27 heavy (non-hydrogen) atoms. The highest BCUT2D eigenvalue weighted by Crippen LogP contribution is 2.27. The first-order valence-electron chi connectivity index (χ1n) is 8.32. The van der Waals surface area contributed by atoms with Crippen molar-refractivity contribution in [3.63, 3.8) is 0 Å². The van der Waals surface area contributed by atoms with Crippen molar-refractivity contribution in [2.75, 3.05) is 30.3 Å². The number of carbonyl (C=O) groups excluding carboxylic acids is 1. The molecule has 2 rings (SSSR count). The number of anilines is 2. The summed E-state index contributed by atoms with van der Waals surface area (Å²) in [6.45, 7) is 4.41. The summed E-state index contributed by atoms with van der Waals surface area (Å²) in [5.74, 6) is 0. The Hall–Kier alpha value is -2.14. The lowest BCUT2D eigenvalue weighted by atomic mass is 10.3. The van der Waals surface area contributed by atoms with Gasteiger partial charge in [0.05, 0.1) is 40.6 Å². The largest absolute Gasteiger partial charge is 0.394 e. The van der Waals surface area contributed by atoms with Crippen molar-refractivity contribution in [1.29, 1.82) is 0 Å². The van der Waals surface area contributed by atoms with Crippen LogP contribution in [0.5, 0.6) is 0 Å². The number of hydrogen-bond acceptors (Lipinski definition) is 5. The molecule has 3 N–H and O–H groups in total. The van der Waals surface area contributed by atoms with Crippen LogP contribution in [0, 0.1) is 0 Å². The topological polar surface area (TPSA) is 117 Å². The lowest BCUT2D eigenvalue weighted by Crippen LogP contribution is -2.30. The van der Waals surface area contributed by atoms with E-state index in [1.54, 1.807) is 20.0 Å². The summed E-state index contributed by atoms with van der Waals surface area (Å²) in [7, 11) is -3.67. The predicted molar refractivity (Wildman–Crippen MR) is 104 cm³/mol. The smallest absolute Gasteiger partial charge is 0.323 e. The Labute approximate surface area is 163 Å². The Morgan fingerprint density at radius 2 is 2.00 bits per heavy atom. The number of sulfonamides is 1. The first kappa shape index (κ1) is 21.2. The van der Waals surface area contributed by atoms with Gasteiger partial charge in [0.15, 0.2) is 0 Å². The molecule has 0 saturated heterocycles. The molecular formula is C16H22ClN5O4S. The first-order valence-corrected chi connectivity index (χ1v) is 10.1. The predicted octanol–water partition coefficient (Wildman–Crippen LogP) is 2.20. The minimum atomic E-state index is -3.67. The van der Waals surface area contributed by atoms with E-state index in [1.807, 2.05) is 0 Å². The number of nitrogens with one attached hydrogen (secondary N) is 2. The second kappa shape index (κ2) is 9.18. The zero-order valence-corrected chi connectivity index (χ0v) is 16.6. The second-order valence-electron chi connectivity index (χ2n) is 5.53. The van der Waals surface area contributed by atoms with E-state index >= 15 is 0 Å². The van der Waals surface area contributed by atoms with Gasteiger partial charge in [0, 0.05) is 19.3 Å². The van der Waals surface area contributed by atoms with Gasteiger partial charge in [-0.2, -0.15) is 9.40 Å². The number of hydrogen-bond donors (Lipinski definition) is 3. The van der Waals surface area contributed by atoms with Crippen molar-refractivity contribution < 1.29 is 18.3 Å². The minimum absolute atomic E-state index is 0.0432. The number of aliphatic hydroxyl groups is 1. The van der Waals surface area contributed by atoms with Gasteiger partial charge in [0.25, 0.3) is 0 Å². The Kier molecular flexibility index (Phi) is 7.19. The molecule has 0 unspecified atom stereocenters. The minimum Gasteiger partial charge on any atom is -0.394 e. The monoisotopic (exact) mass is 415 g/mol. The first-order chi connectivity index (χ1) is 12.8. The maximum absolute atomic E-state index is 12.6. The third-order valence-corrected chi connectivity index (χ3v) is 6.12. The summed E-state index contributed by atoms with van der Waals surface area (Å²) in [6, 6.07) is 3.55. The molecule has 2 amide bonds. The van der Waals surface area contributed by atoms with E-state index in [9.17, 15) is 13.2 Å². The summed E-state index contributed by atoms with van der Waals surface area (Å²) in [6.07, 6.45) is 2.98. The molecular weight excluding hydrogens is 394 g/mol. The van der Waals surface area contributed by atoms with Crippen LogP contribution in [0.25, 0.3) is 0 Å². The number of nitrogens with zero attached hydrogens (tertiary/aromatic N) is 3. The molecule has 9 nitrogen and oxygen atoms in total. The van der Waals surface area contributed by atoms with E-state index in [1.165, 1.54) is 33.4 Å². The Bertz CT molecular complexity index is 896. The van der Waals surface area contributed by atoms with E-state index < -0.39 is 16.1 Å². The maximum atomic E-state index is 12.6. The zero-order valence-electron chi connectivity index (χ0n) is 15.0.